The predicted octanol–water partition coefficient (Wildman–Crippen LogP) is 2.85. The van der Waals surface area contributed by atoms with E-state index in [0.717, 1.165) is 5.56 Å². The molecule has 0 unspecified atom stereocenters. The highest BCUT2D eigenvalue weighted by molar-refractivity contribution is 6.30. The fourth-order valence-corrected chi connectivity index (χ4v) is 3.79. The van der Waals surface area contributed by atoms with Crippen LogP contribution in [-0.2, 0) is 18.4 Å². The minimum atomic E-state index is -0.313. The molecule has 2 aromatic heterocycles. The zero-order valence-electron chi connectivity index (χ0n) is 18.5. The van der Waals surface area contributed by atoms with Crippen LogP contribution in [0.4, 0.5) is 0 Å². The normalized spacial score (nSPS) is 14.2. The van der Waals surface area contributed by atoms with Crippen LogP contribution in [0.25, 0.3) is 11.3 Å². The molecule has 4 rings (SSSR count). The van der Waals surface area contributed by atoms with Gasteiger partial charge in [-0.2, -0.15) is 0 Å². The second-order valence-corrected chi connectivity index (χ2v) is 8.41. The summed E-state index contributed by atoms with van der Waals surface area (Å²) >= 11 is 5.92. The molecular weight excluding hydrogens is 444 g/mol. The summed E-state index contributed by atoms with van der Waals surface area (Å²) < 4.78 is 7.89. The summed E-state index contributed by atoms with van der Waals surface area (Å²) in [6.45, 7) is 3.20. The summed E-state index contributed by atoms with van der Waals surface area (Å²) in [5, 5.41) is 11.7. The first-order valence-corrected chi connectivity index (χ1v) is 11.1. The van der Waals surface area contributed by atoms with Gasteiger partial charge in [0.2, 0.25) is 5.91 Å². The maximum absolute atomic E-state index is 12.8. The van der Waals surface area contributed by atoms with E-state index in [0.29, 0.717) is 54.5 Å². The number of likely N-dealkylation sites (tertiary alicyclic amines) is 1. The molecule has 3 heterocycles. The number of benzene rings is 1. The summed E-state index contributed by atoms with van der Waals surface area (Å²) in [5.74, 6) is 0.271. The zero-order chi connectivity index (χ0) is 23.4. The van der Waals surface area contributed by atoms with Gasteiger partial charge >= 0.3 is 0 Å². The Morgan fingerprint density at radius 1 is 1.21 bits per heavy atom. The van der Waals surface area contributed by atoms with E-state index in [-0.39, 0.29) is 23.6 Å². The minimum absolute atomic E-state index is 0.0669. The third-order valence-corrected chi connectivity index (χ3v) is 5.78. The van der Waals surface area contributed by atoms with Gasteiger partial charge in [0, 0.05) is 63.7 Å². The van der Waals surface area contributed by atoms with Crippen LogP contribution in [0.3, 0.4) is 0 Å². The van der Waals surface area contributed by atoms with Crippen LogP contribution >= 0.6 is 11.6 Å². The van der Waals surface area contributed by atoms with Gasteiger partial charge in [0.05, 0.1) is 11.8 Å². The highest BCUT2D eigenvalue weighted by atomic mass is 35.5. The number of pyridine rings is 1. The Balaban J connectivity index is 1.52. The molecule has 33 heavy (non-hydrogen) atoms. The first kappa shape index (κ1) is 22.7. The number of ether oxygens (including phenoxy) is 1. The third kappa shape index (κ3) is 5.67. The highest BCUT2D eigenvalue weighted by Gasteiger charge is 2.24. The lowest BCUT2D eigenvalue weighted by atomic mass is 10.1. The van der Waals surface area contributed by atoms with Crippen molar-refractivity contribution < 1.29 is 14.3 Å². The number of nitrogens with one attached hydrogen (secondary N) is 1. The van der Waals surface area contributed by atoms with E-state index >= 15 is 0 Å². The SMILES string of the molecule is CC(=O)N1CCC(Oc2cc(C(=O)NCc3ccc(Cl)cc3)ncc2-c2cn(C)nn2)CC1. The molecule has 0 aliphatic carbocycles. The number of nitrogens with zero attached hydrogens (tertiary/aromatic N) is 5. The van der Waals surface area contributed by atoms with Gasteiger partial charge in [0.25, 0.3) is 5.91 Å². The first-order chi connectivity index (χ1) is 15.9. The smallest absolute Gasteiger partial charge is 0.270 e. The van der Waals surface area contributed by atoms with Gasteiger partial charge < -0.3 is 15.0 Å². The number of carbonyl (C=O) groups excluding carboxylic acids is 2. The van der Waals surface area contributed by atoms with E-state index in [4.69, 9.17) is 16.3 Å². The fourth-order valence-electron chi connectivity index (χ4n) is 3.66. The van der Waals surface area contributed by atoms with Crippen LogP contribution in [0.5, 0.6) is 5.75 Å². The average molecular weight is 469 g/mol. The minimum Gasteiger partial charge on any atom is -0.489 e. The summed E-state index contributed by atoms with van der Waals surface area (Å²) in [6.07, 6.45) is 4.69. The summed E-state index contributed by atoms with van der Waals surface area (Å²) in [7, 11) is 1.78. The van der Waals surface area contributed by atoms with E-state index in [2.05, 4.69) is 20.6 Å². The van der Waals surface area contributed by atoms with Gasteiger partial charge in [-0.1, -0.05) is 28.9 Å². The van der Waals surface area contributed by atoms with Crippen molar-refractivity contribution in [3.05, 3.63) is 59.0 Å². The number of aromatic nitrogens is 4. The van der Waals surface area contributed by atoms with E-state index < -0.39 is 0 Å². The van der Waals surface area contributed by atoms with Crippen molar-refractivity contribution >= 4 is 23.4 Å². The Labute approximate surface area is 196 Å². The molecule has 1 saturated heterocycles. The predicted molar refractivity (Wildman–Crippen MR) is 123 cm³/mol. The number of aryl methyl sites for hydroxylation is 1. The van der Waals surface area contributed by atoms with Crippen LogP contribution < -0.4 is 10.1 Å². The molecular formula is C23H25ClN6O3. The molecule has 9 nitrogen and oxygen atoms in total. The van der Waals surface area contributed by atoms with Crippen molar-refractivity contribution in [1.82, 2.24) is 30.2 Å². The lowest BCUT2D eigenvalue weighted by Crippen LogP contribution is -2.40. The maximum atomic E-state index is 12.8. The quantitative estimate of drug-likeness (QED) is 0.596. The summed E-state index contributed by atoms with van der Waals surface area (Å²) in [5.41, 5.74) is 2.44. The summed E-state index contributed by atoms with van der Waals surface area (Å²) in [4.78, 5) is 30.5. The fraction of sp³-hybridized carbons (Fsp3) is 0.348. The number of piperidine rings is 1. The number of hydrogen-bond acceptors (Lipinski definition) is 6. The molecule has 0 saturated carbocycles. The van der Waals surface area contributed by atoms with Gasteiger partial charge in [-0.15, -0.1) is 5.10 Å². The third-order valence-electron chi connectivity index (χ3n) is 5.52. The van der Waals surface area contributed by atoms with E-state index in [1.165, 1.54) is 0 Å². The first-order valence-electron chi connectivity index (χ1n) is 10.7. The molecule has 3 aromatic rings. The Hall–Kier alpha value is -3.46. The molecule has 0 radical (unpaired) electrons. The summed E-state index contributed by atoms with van der Waals surface area (Å²) in [6, 6.07) is 8.91. The highest BCUT2D eigenvalue weighted by Crippen LogP contribution is 2.31. The van der Waals surface area contributed by atoms with Gasteiger partial charge in [-0.25, -0.2) is 0 Å². The number of carbonyl (C=O) groups is 2. The van der Waals surface area contributed by atoms with E-state index in [1.54, 1.807) is 49.2 Å². The Morgan fingerprint density at radius 3 is 2.58 bits per heavy atom. The topological polar surface area (TPSA) is 102 Å². The second-order valence-electron chi connectivity index (χ2n) is 7.98. The maximum Gasteiger partial charge on any atom is 0.270 e. The molecule has 0 spiro atoms. The van der Waals surface area contributed by atoms with Gasteiger partial charge in [0.15, 0.2) is 0 Å². The molecule has 2 amide bonds. The van der Waals surface area contributed by atoms with E-state index in [9.17, 15) is 9.59 Å². The van der Waals surface area contributed by atoms with E-state index in [1.807, 2.05) is 17.0 Å². The van der Waals surface area contributed by atoms with Crippen molar-refractivity contribution in [3.63, 3.8) is 0 Å². The van der Waals surface area contributed by atoms with Crippen molar-refractivity contribution in [2.45, 2.75) is 32.4 Å². The number of halogens is 1. The molecule has 1 aliphatic heterocycles. The van der Waals surface area contributed by atoms with Crippen molar-refractivity contribution in [3.8, 4) is 17.0 Å². The number of hydrogen-bond donors (Lipinski definition) is 1. The monoisotopic (exact) mass is 468 g/mol. The van der Waals surface area contributed by atoms with Crippen molar-refractivity contribution in [2.75, 3.05) is 13.1 Å². The van der Waals surface area contributed by atoms with Crippen molar-refractivity contribution in [1.29, 1.82) is 0 Å². The Morgan fingerprint density at radius 2 is 1.94 bits per heavy atom. The lowest BCUT2D eigenvalue weighted by molar-refractivity contribution is -0.130. The van der Waals surface area contributed by atoms with Gasteiger partial charge in [-0.05, 0) is 17.7 Å². The molecule has 0 bridgehead atoms. The molecule has 1 aliphatic rings. The average Bonchev–Trinajstić information content (AvgIpc) is 3.24. The zero-order valence-corrected chi connectivity index (χ0v) is 19.2. The number of rotatable bonds is 6. The number of amides is 2. The molecule has 1 fully saturated rings. The van der Waals surface area contributed by atoms with Crippen LogP contribution in [0.1, 0.15) is 35.8 Å². The molecule has 1 N–H and O–H groups in total. The Bertz CT molecular complexity index is 1140. The lowest BCUT2D eigenvalue weighted by Gasteiger charge is -2.31. The largest absolute Gasteiger partial charge is 0.489 e. The van der Waals surface area contributed by atoms with Gasteiger partial charge in [-0.3, -0.25) is 19.3 Å². The second kappa shape index (κ2) is 9.99. The standard InChI is InChI=1S/C23H25ClN6O3/c1-15(31)30-9-7-18(8-10-30)33-22-11-20(25-13-19(22)21-14-29(2)28-27-21)23(32)26-12-16-3-5-17(24)6-4-16/h3-6,11,13-14,18H,7-10,12H2,1-2H3,(H,26,32). The van der Waals surface area contributed by atoms with Crippen molar-refractivity contribution in [2.24, 2.45) is 7.05 Å². The van der Waals surface area contributed by atoms with Crippen LogP contribution in [0, 0.1) is 0 Å². The molecule has 1 aromatic carbocycles. The van der Waals surface area contributed by atoms with Crippen LogP contribution in [0.2, 0.25) is 5.02 Å². The molecule has 172 valence electrons. The van der Waals surface area contributed by atoms with Crippen LogP contribution in [-0.4, -0.2) is 55.9 Å². The Kier molecular flexibility index (Phi) is 6.88. The molecule has 0 atom stereocenters. The molecule has 10 heteroatoms. The van der Waals surface area contributed by atoms with Gasteiger partial charge in [0.1, 0.15) is 23.2 Å². The van der Waals surface area contributed by atoms with Crippen LogP contribution in [0.15, 0.2) is 42.7 Å².